The van der Waals surface area contributed by atoms with Crippen LogP contribution < -0.4 is 10.6 Å². The van der Waals surface area contributed by atoms with Crippen LogP contribution in [0, 0.1) is 11.7 Å². The SMILES string of the molecule is CN=C(NCC1CCN(CC(F)(F)F)C1)NCC(C)(C)c1ccc(F)cc1Cl. The van der Waals surface area contributed by atoms with Gasteiger partial charge in [0.25, 0.3) is 0 Å². The van der Waals surface area contributed by atoms with Crippen molar-refractivity contribution in [2.45, 2.75) is 31.9 Å². The van der Waals surface area contributed by atoms with Crippen LogP contribution in [0.1, 0.15) is 25.8 Å². The van der Waals surface area contributed by atoms with Crippen molar-refractivity contribution in [3.63, 3.8) is 0 Å². The van der Waals surface area contributed by atoms with E-state index in [0.29, 0.717) is 37.2 Å². The fourth-order valence-corrected chi connectivity index (χ4v) is 3.80. The first-order chi connectivity index (χ1) is 13.0. The second-order valence-electron chi connectivity index (χ2n) is 7.82. The van der Waals surface area contributed by atoms with Gasteiger partial charge in [-0.15, -0.1) is 0 Å². The first-order valence-corrected chi connectivity index (χ1v) is 9.57. The molecule has 0 aliphatic carbocycles. The molecule has 2 N–H and O–H groups in total. The Bertz CT molecular complexity index is 691. The van der Waals surface area contributed by atoms with E-state index in [0.717, 1.165) is 12.0 Å². The minimum atomic E-state index is -4.16. The monoisotopic (exact) mass is 422 g/mol. The number of nitrogens with zero attached hydrogens (tertiary/aromatic N) is 2. The maximum absolute atomic E-state index is 13.3. The van der Waals surface area contributed by atoms with Gasteiger partial charge in [0.05, 0.1) is 6.54 Å². The predicted molar refractivity (Wildman–Crippen MR) is 104 cm³/mol. The van der Waals surface area contributed by atoms with Gasteiger partial charge in [0, 0.05) is 37.1 Å². The molecule has 4 nitrogen and oxygen atoms in total. The summed E-state index contributed by atoms with van der Waals surface area (Å²) < 4.78 is 50.7. The normalized spacial score (nSPS) is 19.1. The number of halogens is 5. The molecule has 28 heavy (non-hydrogen) atoms. The molecule has 1 heterocycles. The first kappa shape index (κ1) is 22.7. The summed E-state index contributed by atoms with van der Waals surface area (Å²) in [5.41, 5.74) is 0.441. The van der Waals surface area contributed by atoms with Crippen LogP contribution in [0.2, 0.25) is 5.02 Å². The Hall–Kier alpha value is -1.54. The largest absolute Gasteiger partial charge is 0.401 e. The zero-order valence-electron chi connectivity index (χ0n) is 16.3. The van der Waals surface area contributed by atoms with E-state index in [-0.39, 0.29) is 17.2 Å². The highest BCUT2D eigenvalue weighted by Crippen LogP contribution is 2.30. The number of likely N-dealkylation sites (tertiary alicyclic amines) is 1. The fraction of sp³-hybridized carbons (Fsp3) is 0.632. The van der Waals surface area contributed by atoms with E-state index in [1.165, 1.54) is 17.0 Å². The molecule has 0 spiro atoms. The van der Waals surface area contributed by atoms with Crippen LogP contribution in [0.15, 0.2) is 23.2 Å². The van der Waals surface area contributed by atoms with Crippen molar-refractivity contribution < 1.29 is 17.6 Å². The van der Waals surface area contributed by atoms with E-state index in [1.807, 2.05) is 13.8 Å². The fourth-order valence-electron chi connectivity index (χ4n) is 3.38. The van der Waals surface area contributed by atoms with Gasteiger partial charge in [-0.1, -0.05) is 31.5 Å². The number of guanidine groups is 1. The summed E-state index contributed by atoms with van der Waals surface area (Å²) in [6.07, 6.45) is -3.44. The maximum atomic E-state index is 13.3. The molecule has 1 saturated heterocycles. The molecule has 1 aliphatic rings. The molecule has 1 fully saturated rings. The van der Waals surface area contributed by atoms with Crippen LogP contribution in [-0.4, -0.2) is 56.8 Å². The van der Waals surface area contributed by atoms with E-state index >= 15 is 0 Å². The van der Waals surface area contributed by atoms with Gasteiger partial charge in [-0.25, -0.2) is 4.39 Å². The lowest BCUT2D eigenvalue weighted by molar-refractivity contribution is -0.143. The molecule has 1 aromatic carbocycles. The number of aliphatic imine (C=N–C) groups is 1. The topological polar surface area (TPSA) is 39.7 Å². The van der Waals surface area contributed by atoms with Gasteiger partial charge in [0.1, 0.15) is 5.82 Å². The Balaban J connectivity index is 1.83. The Morgan fingerprint density at radius 2 is 2.00 bits per heavy atom. The molecule has 9 heteroatoms. The van der Waals surface area contributed by atoms with Gasteiger partial charge >= 0.3 is 6.18 Å². The highest BCUT2D eigenvalue weighted by Gasteiger charge is 2.34. The third-order valence-electron chi connectivity index (χ3n) is 4.91. The van der Waals surface area contributed by atoms with Crippen molar-refractivity contribution in [2.24, 2.45) is 10.9 Å². The molecule has 1 atom stereocenters. The highest BCUT2D eigenvalue weighted by atomic mass is 35.5. The van der Waals surface area contributed by atoms with Crippen molar-refractivity contribution in [1.82, 2.24) is 15.5 Å². The third-order valence-corrected chi connectivity index (χ3v) is 5.23. The molecule has 1 unspecified atom stereocenters. The van der Waals surface area contributed by atoms with E-state index in [4.69, 9.17) is 11.6 Å². The molecular formula is C19H27ClF4N4. The van der Waals surface area contributed by atoms with Crippen LogP contribution >= 0.6 is 11.6 Å². The standard InChI is InChI=1S/C19H27ClF4N4/c1-18(2,15-5-4-14(21)8-16(15)20)11-27-17(25-3)26-9-13-6-7-28(10-13)12-19(22,23)24/h4-5,8,13H,6-7,9-12H2,1-3H3,(H2,25,26,27). The molecule has 0 aromatic heterocycles. The lowest BCUT2D eigenvalue weighted by Gasteiger charge is -2.28. The molecule has 2 rings (SSSR count). The second kappa shape index (κ2) is 9.31. The minimum absolute atomic E-state index is 0.139. The van der Waals surface area contributed by atoms with Crippen LogP contribution in [0.4, 0.5) is 17.6 Å². The minimum Gasteiger partial charge on any atom is -0.356 e. The highest BCUT2D eigenvalue weighted by molar-refractivity contribution is 6.31. The lowest BCUT2D eigenvalue weighted by Crippen LogP contribution is -2.45. The zero-order valence-corrected chi connectivity index (χ0v) is 17.1. The van der Waals surface area contributed by atoms with Crippen molar-refractivity contribution in [2.75, 3.05) is 39.8 Å². The molecule has 0 saturated carbocycles. The van der Waals surface area contributed by atoms with E-state index in [1.54, 1.807) is 13.1 Å². The van der Waals surface area contributed by atoms with Gasteiger partial charge in [-0.2, -0.15) is 13.2 Å². The summed E-state index contributed by atoms with van der Waals surface area (Å²) in [5.74, 6) is 0.326. The molecule has 158 valence electrons. The Morgan fingerprint density at radius 1 is 1.29 bits per heavy atom. The van der Waals surface area contributed by atoms with Crippen molar-refractivity contribution in [1.29, 1.82) is 0 Å². The lowest BCUT2D eigenvalue weighted by atomic mass is 9.84. The Labute approximate surface area is 168 Å². The summed E-state index contributed by atoms with van der Waals surface area (Å²) in [7, 11) is 1.64. The van der Waals surface area contributed by atoms with Gasteiger partial charge in [-0.05, 0) is 36.6 Å². The second-order valence-corrected chi connectivity index (χ2v) is 8.23. The molecule has 0 amide bonds. The smallest absolute Gasteiger partial charge is 0.356 e. The summed E-state index contributed by atoms with van der Waals surface area (Å²) in [5, 5.41) is 6.76. The number of nitrogens with one attached hydrogen (secondary N) is 2. The predicted octanol–water partition coefficient (Wildman–Crippen LogP) is 3.81. The van der Waals surface area contributed by atoms with E-state index in [9.17, 15) is 17.6 Å². The van der Waals surface area contributed by atoms with Crippen LogP contribution in [0.3, 0.4) is 0 Å². The Morgan fingerprint density at radius 3 is 2.61 bits per heavy atom. The first-order valence-electron chi connectivity index (χ1n) is 9.19. The van der Waals surface area contributed by atoms with Gasteiger partial charge in [-0.3, -0.25) is 9.89 Å². The van der Waals surface area contributed by atoms with Crippen LogP contribution in [0.5, 0.6) is 0 Å². The molecular weight excluding hydrogens is 396 g/mol. The van der Waals surface area contributed by atoms with E-state index < -0.39 is 12.7 Å². The molecule has 1 aromatic rings. The number of hydrogen-bond acceptors (Lipinski definition) is 2. The van der Waals surface area contributed by atoms with Crippen LogP contribution in [-0.2, 0) is 5.41 Å². The number of benzene rings is 1. The average Bonchev–Trinajstić information content (AvgIpc) is 3.00. The average molecular weight is 423 g/mol. The van der Waals surface area contributed by atoms with Crippen molar-refractivity contribution in [3.8, 4) is 0 Å². The number of alkyl halides is 3. The van der Waals surface area contributed by atoms with Crippen molar-refractivity contribution in [3.05, 3.63) is 34.6 Å². The zero-order chi connectivity index (χ0) is 20.9. The van der Waals surface area contributed by atoms with Gasteiger partial charge in [0.2, 0.25) is 0 Å². The number of rotatable bonds is 6. The summed E-state index contributed by atoms with van der Waals surface area (Å²) in [6, 6.07) is 4.34. The quantitative estimate of drug-likeness (QED) is 0.416. The summed E-state index contributed by atoms with van der Waals surface area (Å²) in [6.45, 7) is 5.03. The van der Waals surface area contributed by atoms with E-state index in [2.05, 4.69) is 15.6 Å². The maximum Gasteiger partial charge on any atom is 0.401 e. The summed E-state index contributed by atoms with van der Waals surface area (Å²) in [4.78, 5) is 5.60. The molecule has 0 radical (unpaired) electrons. The summed E-state index contributed by atoms with van der Waals surface area (Å²) >= 11 is 6.17. The molecule has 0 bridgehead atoms. The molecule has 1 aliphatic heterocycles. The number of hydrogen-bond donors (Lipinski definition) is 2. The Kier molecular flexibility index (Phi) is 7.56. The van der Waals surface area contributed by atoms with Crippen molar-refractivity contribution >= 4 is 17.6 Å². The van der Waals surface area contributed by atoms with Crippen LogP contribution in [0.25, 0.3) is 0 Å². The van der Waals surface area contributed by atoms with Gasteiger partial charge in [0.15, 0.2) is 5.96 Å². The van der Waals surface area contributed by atoms with Gasteiger partial charge < -0.3 is 10.6 Å². The third kappa shape index (κ3) is 6.81.